The van der Waals surface area contributed by atoms with Gasteiger partial charge in [-0.3, -0.25) is 4.79 Å². The zero-order chi connectivity index (χ0) is 17.6. The molecule has 0 aliphatic carbocycles. The lowest BCUT2D eigenvalue weighted by Crippen LogP contribution is -2.48. The van der Waals surface area contributed by atoms with Crippen molar-refractivity contribution in [1.82, 2.24) is 4.90 Å². The molecular formula is C20H23ClN2O2. The lowest BCUT2D eigenvalue weighted by molar-refractivity contribution is -0.131. The number of para-hydroxylation sites is 1. The first-order valence-corrected chi connectivity index (χ1v) is 8.95. The van der Waals surface area contributed by atoms with Crippen LogP contribution in [0, 0.1) is 0 Å². The Kier molecular flexibility index (Phi) is 5.82. The number of halogens is 1. The summed E-state index contributed by atoms with van der Waals surface area (Å²) in [5, 5.41) is 0.764. The molecule has 4 nitrogen and oxygen atoms in total. The highest BCUT2D eigenvalue weighted by molar-refractivity contribution is 6.33. The summed E-state index contributed by atoms with van der Waals surface area (Å²) >= 11 is 6.27. The molecule has 0 bridgehead atoms. The van der Waals surface area contributed by atoms with Crippen LogP contribution >= 0.6 is 11.6 Å². The van der Waals surface area contributed by atoms with Gasteiger partial charge in [0.2, 0.25) is 5.91 Å². The number of nitrogens with zero attached hydrogens (tertiary/aromatic N) is 2. The fourth-order valence-corrected chi connectivity index (χ4v) is 3.40. The number of amides is 1. The van der Waals surface area contributed by atoms with Gasteiger partial charge in [0.1, 0.15) is 5.75 Å². The number of anilines is 1. The molecule has 3 rings (SSSR count). The zero-order valence-corrected chi connectivity index (χ0v) is 15.2. The van der Waals surface area contributed by atoms with Crippen LogP contribution in [0.5, 0.6) is 5.75 Å². The van der Waals surface area contributed by atoms with E-state index in [4.69, 9.17) is 16.3 Å². The summed E-state index contributed by atoms with van der Waals surface area (Å²) in [5.41, 5.74) is 2.18. The highest BCUT2D eigenvalue weighted by Gasteiger charge is 2.22. The number of methoxy groups -OCH3 is 1. The molecule has 0 unspecified atom stereocenters. The molecule has 1 saturated heterocycles. The van der Waals surface area contributed by atoms with Crippen molar-refractivity contribution in [3.05, 3.63) is 59.1 Å². The highest BCUT2D eigenvalue weighted by Crippen LogP contribution is 2.26. The molecule has 2 aromatic rings. The van der Waals surface area contributed by atoms with E-state index in [1.165, 1.54) is 0 Å². The number of rotatable bonds is 5. The predicted molar refractivity (Wildman–Crippen MR) is 102 cm³/mol. The van der Waals surface area contributed by atoms with Gasteiger partial charge in [-0.05, 0) is 36.2 Å². The van der Waals surface area contributed by atoms with Gasteiger partial charge in [-0.1, -0.05) is 35.9 Å². The van der Waals surface area contributed by atoms with E-state index >= 15 is 0 Å². The molecular weight excluding hydrogens is 336 g/mol. The van der Waals surface area contributed by atoms with Gasteiger partial charge in [-0.2, -0.15) is 0 Å². The largest absolute Gasteiger partial charge is 0.497 e. The van der Waals surface area contributed by atoms with Crippen molar-refractivity contribution in [3.8, 4) is 5.75 Å². The van der Waals surface area contributed by atoms with Crippen LogP contribution in [0.15, 0.2) is 48.5 Å². The van der Waals surface area contributed by atoms with Gasteiger partial charge in [0, 0.05) is 32.6 Å². The van der Waals surface area contributed by atoms with Crippen LogP contribution in [0.25, 0.3) is 0 Å². The fraction of sp³-hybridized carbons (Fsp3) is 0.350. The maximum absolute atomic E-state index is 12.5. The number of hydrogen-bond acceptors (Lipinski definition) is 3. The highest BCUT2D eigenvalue weighted by atomic mass is 35.5. The number of benzene rings is 2. The average Bonchev–Trinajstić information content (AvgIpc) is 2.67. The molecule has 1 aliphatic rings. The second kappa shape index (κ2) is 8.26. The average molecular weight is 359 g/mol. The van der Waals surface area contributed by atoms with E-state index in [0.29, 0.717) is 6.42 Å². The standard InChI is InChI=1S/C20H23ClN2O2/c1-25-17-6-4-5-16(15-17)9-10-20(24)23-13-11-22(12-14-23)19-8-3-2-7-18(19)21/h2-8,15H,9-14H2,1H3. The van der Waals surface area contributed by atoms with E-state index in [2.05, 4.69) is 4.90 Å². The van der Waals surface area contributed by atoms with Crippen LogP contribution in [-0.2, 0) is 11.2 Å². The monoisotopic (exact) mass is 358 g/mol. The van der Waals surface area contributed by atoms with E-state index in [1.54, 1.807) is 7.11 Å². The number of carbonyl (C=O) groups is 1. The quantitative estimate of drug-likeness (QED) is 0.818. The van der Waals surface area contributed by atoms with Crippen molar-refractivity contribution in [2.75, 3.05) is 38.2 Å². The Morgan fingerprint density at radius 2 is 1.84 bits per heavy atom. The molecule has 25 heavy (non-hydrogen) atoms. The third-order valence-electron chi connectivity index (χ3n) is 4.59. The van der Waals surface area contributed by atoms with Gasteiger partial charge >= 0.3 is 0 Å². The van der Waals surface area contributed by atoms with Crippen molar-refractivity contribution >= 4 is 23.2 Å². The fourth-order valence-electron chi connectivity index (χ4n) is 3.14. The molecule has 1 amide bonds. The maximum Gasteiger partial charge on any atom is 0.223 e. The van der Waals surface area contributed by atoms with Crippen molar-refractivity contribution < 1.29 is 9.53 Å². The van der Waals surface area contributed by atoms with E-state index in [1.807, 2.05) is 53.4 Å². The van der Waals surface area contributed by atoms with Gasteiger partial charge in [-0.15, -0.1) is 0 Å². The summed E-state index contributed by atoms with van der Waals surface area (Å²) in [7, 11) is 1.66. The molecule has 1 aliphatic heterocycles. The number of ether oxygens (including phenoxy) is 1. The van der Waals surface area contributed by atoms with Crippen molar-refractivity contribution in [1.29, 1.82) is 0 Å². The van der Waals surface area contributed by atoms with E-state index < -0.39 is 0 Å². The Morgan fingerprint density at radius 3 is 2.56 bits per heavy atom. The number of carbonyl (C=O) groups excluding carboxylic acids is 1. The molecule has 0 atom stereocenters. The van der Waals surface area contributed by atoms with Crippen LogP contribution in [-0.4, -0.2) is 44.1 Å². The Balaban J connectivity index is 1.50. The summed E-state index contributed by atoms with van der Waals surface area (Å²) in [6.07, 6.45) is 1.26. The molecule has 0 radical (unpaired) electrons. The zero-order valence-electron chi connectivity index (χ0n) is 14.5. The van der Waals surface area contributed by atoms with Crippen molar-refractivity contribution in [3.63, 3.8) is 0 Å². The Hall–Kier alpha value is -2.20. The summed E-state index contributed by atoms with van der Waals surface area (Å²) in [4.78, 5) is 16.7. The minimum absolute atomic E-state index is 0.210. The summed E-state index contributed by atoms with van der Waals surface area (Å²) in [5.74, 6) is 1.04. The minimum atomic E-state index is 0.210. The number of piperazine rings is 1. The topological polar surface area (TPSA) is 32.8 Å². The van der Waals surface area contributed by atoms with Gasteiger partial charge in [0.25, 0.3) is 0 Å². The van der Waals surface area contributed by atoms with Gasteiger partial charge in [-0.25, -0.2) is 0 Å². The van der Waals surface area contributed by atoms with Crippen LogP contribution in [0.1, 0.15) is 12.0 Å². The molecule has 1 fully saturated rings. The Bertz CT molecular complexity index is 727. The van der Waals surface area contributed by atoms with Gasteiger partial charge < -0.3 is 14.5 Å². The lowest BCUT2D eigenvalue weighted by Gasteiger charge is -2.36. The molecule has 0 spiro atoms. The van der Waals surface area contributed by atoms with E-state index in [9.17, 15) is 4.79 Å². The number of aryl methyl sites for hydroxylation is 1. The predicted octanol–water partition coefficient (Wildman–Crippen LogP) is 3.63. The summed E-state index contributed by atoms with van der Waals surface area (Å²) in [6, 6.07) is 15.8. The first-order valence-electron chi connectivity index (χ1n) is 8.57. The Morgan fingerprint density at radius 1 is 1.08 bits per heavy atom. The van der Waals surface area contributed by atoms with Crippen molar-refractivity contribution in [2.24, 2.45) is 0 Å². The van der Waals surface area contributed by atoms with Gasteiger partial charge in [0.05, 0.1) is 17.8 Å². The summed E-state index contributed by atoms with van der Waals surface area (Å²) < 4.78 is 5.23. The molecule has 0 saturated carbocycles. The number of hydrogen-bond donors (Lipinski definition) is 0. The van der Waals surface area contributed by atoms with Gasteiger partial charge in [0.15, 0.2) is 0 Å². The molecule has 1 heterocycles. The van der Waals surface area contributed by atoms with Crippen LogP contribution in [0.4, 0.5) is 5.69 Å². The second-order valence-corrected chi connectivity index (χ2v) is 6.58. The molecule has 0 aromatic heterocycles. The first-order chi connectivity index (χ1) is 12.2. The second-order valence-electron chi connectivity index (χ2n) is 6.17. The Labute approximate surface area is 154 Å². The van der Waals surface area contributed by atoms with Crippen molar-refractivity contribution in [2.45, 2.75) is 12.8 Å². The van der Waals surface area contributed by atoms with E-state index in [0.717, 1.165) is 54.6 Å². The minimum Gasteiger partial charge on any atom is -0.497 e. The first kappa shape index (κ1) is 17.6. The van der Waals surface area contributed by atoms with Crippen LogP contribution in [0.3, 0.4) is 0 Å². The third-order valence-corrected chi connectivity index (χ3v) is 4.91. The molecule has 0 N–H and O–H groups in total. The van der Waals surface area contributed by atoms with E-state index in [-0.39, 0.29) is 5.91 Å². The third kappa shape index (κ3) is 4.45. The van der Waals surface area contributed by atoms with Crippen LogP contribution < -0.4 is 9.64 Å². The van der Waals surface area contributed by atoms with Crippen LogP contribution in [0.2, 0.25) is 5.02 Å². The normalized spacial score (nSPS) is 14.5. The molecule has 132 valence electrons. The SMILES string of the molecule is COc1cccc(CCC(=O)N2CCN(c3ccccc3Cl)CC2)c1. The smallest absolute Gasteiger partial charge is 0.223 e. The summed E-state index contributed by atoms with van der Waals surface area (Å²) in [6.45, 7) is 3.10. The molecule has 5 heteroatoms. The lowest BCUT2D eigenvalue weighted by atomic mass is 10.1. The maximum atomic E-state index is 12.5. The molecule has 2 aromatic carbocycles.